The van der Waals surface area contributed by atoms with Gasteiger partial charge < -0.3 is 4.74 Å². The Morgan fingerprint density at radius 3 is 1.90 bits per heavy atom. The molecular weight excluding hydrogens is 128 g/mol. The van der Waals surface area contributed by atoms with E-state index in [1.54, 1.807) is 6.92 Å². The highest BCUT2D eigenvalue weighted by Gasteiger charge is 1.95. The highest BCUT2D eigenvalue weighted by Crippen LogP contribution is 1.87. The van der Waals surface area contributed by atoms with Crippen molar-refractivity contribution >= 4 is 5.97 Å². The van der Waals surface area contributed by atoms with Crippen LogP contribution in [-0.4, -0.2) is 13.1 Å². The van der Waals surface area contributed by atoms with Gasteiger partial charge in [0, 0.05) is 6.94 Å². The molecule has 0 bridgehead atoms. The second-order valence-electron chi connectivity index (χ2n) is 1.27. The summed E-state index contributed by atoms with van der Waals surface area (Å²) in [6.45, 7) is 8.95. The zero-order valence-electron chi connectivity index (χ0n) is 8.52. The van der Waals surface area contributed by atoms with Gasteiger partial charge in [0.1, 0.15) is 0 Å². The van der Waals surface area contributed by atoms with Crippen LogP contribution in [0.2, 0.25) is 0 Å². The normalized spacial score (nSPS) is 6.70. The van der Waals surface area contributed by atoms with Gasteiger partial charge in [-0.25, -0.2) is 4.79 Å². The topological polar surface area (TPSA) is 26.3 Å². The third-order valence-electron chi connectivity index (χ3n) is 0.534. The molecule has 0 aliphatic rings. The fraction of sp³-hybridized carbons (Fsp3) is 0.625. The number of esters is 1. The average Bonchev–Trinajstić information content (AvgIpc) is 2.10. The monoisotopic (exact) mass is 147 g/mol. The van der Waals surface area contributed by atoms with Crippen LogP contribution < -0.4 is 0 Å². The van der Waals surface area contributed by atoms with Crippen LogP contribution in [0.25, 0.3) is 0 Å². The molecule has 2 heteroatoms. The van der Waals surface area contributed by atoms with Crippen molar-refractivity contribution in [2.75, 3.05) is 7.11 Å². The van der Waals surface area contributed by atoms with Gasteiger partial charge in [-0.2, -0.15) is 0 Å². The number of ether oxygens (including phenoxy) is 1. The molecule has 0 saturated carbocycles. The lowest BCUT2D eigenvalue weighted by molar-refractivity contribution is -0.136. The Balaban J connectivity index is -0.000000138. The van der Waals surface area contributed by atoms with E-state index in [1.807, 2.05) is 13.8 Å². The van der Waals surface area contributed by atoms with Gasteiger partial charge in [0.15, 0.2) is 0 Å². The third-order valence-corrected chi connectivity index (χ3v) is 0.534. The van der Waals surface area contributed by atoms with Gasteiger partial charge in [-0.1, -0.05) is 27.8 Å². The van der Waals surface area contributed by atoms with Crippen molar-refractivity contribution in [1.82, 2.24) is 0 Å². The first-order valence-corrected chi connectivity index (χ1v) is 2.92. The summed E-state index contributed by atoms with van der Waals surface area (Å²) >= 11 is 0. The second-order valence-corrected chi connectivity index (χ2v) is 1.27. The predicted molar refractivity (Wildman–Crippen MR) is 44.9 cm³/mol. The molecule has 0 heterocycles. The highest BCUT2D eigenvalue weighted by atomic mass is 16.5. The molecule has 0 aromatic heterocycles. The van der Waals surface area contributed by atoms with Crippen molar-refractivity contribution in [3.05, 3.63) is 12.2 Å². The van der Waals surface area contributed by atoms with E-state index in [0.29, 0.717) is 5.57 Å². The van der Waals surface area contributed by atoms with Crippen LogP contribution >= 0.6 is 0 Å². The molecule has 0 rings (SSSR count). The maximum Gasteiger partial charge on any atom is 0.332 e. The molecule has 0 aliphatic carbocycles. The molecule has 0 radical (unpaired) electrons. The maximum absolute atomic E-state index is 10.2. The van der Waals surface area contributed by atoms with E-state index in [2.05, 4.69) is 11.3 Å². The van der Waals surface area contributed by atoms with Crippen molar-refractivity contribution < 1.29 is 10.9 Å². The van der Waals surface area contributed by atoms with Crippen molar-refractivity contribution in [2.24, 2.45) is 0 Å². The minimum atomic E-state index is -0.347. The summed E-state index contributed by atoms with van der Waals surface area (Å²) in [5, 5.41) is 0. The molecular formula is C8H18O2. The predicted octanol–water partition coefficient (Wildman–Crippen LogP) is 2.40. The van der Waals surface area contributed by atoms with Gasteiger partial charge in [0.05, 0.1) is 7.11 Å². The minimum Gasteiger partial charge on any atom is -0.466 e. The van der Waals surface area contributed by atoms with Gasteiger partial charge in [0.25, 0.3) is 0 Å². The zero-order valence-corrected chi connectivity index (χ0v) is 7.52. The first-order valence-electron chi connectivity index (χ1n) is 3.92. The molecule has 2 nitrogen and oxygen atoms in total. The van der Waals surface area contributed by atoms with Gasteiger partial charge >= 0.3 is 5.97 Å². The molecule has 0 N–H and O–H groups in total. The number of rotatable bonds is 1. The van der Waals surface area contributed by atoms with Gasteiger partial charge in [-0.15, -0.1) is 0 Å². The average molecular weight is 147 g/mol. The summed E-state index contributed by atoms with van der Waals surface area (Å²) in [5.41, 5.74) is 0.433. The summed E-state index contributed by atoms with van der Waals surface area (Å²) < 4.78 is 10.0. The first-order chi connectivity index (χ1) is 5.18. The number of hydrogen-bond donors (Lipinski definition) is 0. The lowest BCUT2D eigenvalue weighted by atomic mass is 10.4. The quantitative estimate of drug-likeness (QED) is 0.420. The SMILES string of the molecule is C=C(C)C(=O)OC.CC.[2H]C. The van der Waals surface area contributed by atoms with E-state index in [1.165, 1.54) is 14.5 Å². The van der Waals surface area contributed by atoms with Crippen molar-refractivity contribution in [3.63, 3.8) is 0 Å². The Kier molecular flexibility index (Phi) is 13.2. The van der Waals surface area contributed by atoms with Crippen molar-refractivity contribution in [3.8, 4) is 0 Å². The highest BCUT2D eigenvalue weighted by molar-refractivity contribution is 5.86. The Bertz CT molecular complexity index is 100. The van der Waals surface area contributed by atoms with Gasteiger partial charge in [-0.3, -0.25) is 0 Å². The molecule has 62 valence electrons. The second kappa shape index (κ2) is 11.1. The van der Waals surface area contributed by atoms with Crippen LogP contribution in [-0.2, 0) is 9.53 Å². The Morgan fingerprint density at radius 2 is 1.90 bits per heavy atom. The molecule has 0 unspecified atom stereocenters. The fourth-order valence-electron chi connectivity index (χ4n) is 0.174. The molecule has 0 fully saturated rings. The third kappa shape index (κ3) is 10.2. The largest absolute Gasteiger partial charge is 0.466 e. The zero-order chi connectivity index (χ0) is 9.86. The van der Waals surface area contributed by atoms with E-state index in [0.717, 1.165) is 0 Å². The van der Waals surface area contributed by atoms with E-state index >= 15 is 0 Å². The summed E-state index contributed by atoms with van der Waals surface area (Å²) in [6, 6.07) is 0. The van der Waals surface area contributed by atoms with E-state index in [-0.39, 0.29) is 5.97 Å². The fourth-order valence-corrected chi connectivity index (χ4v) is 0.174. The molecule has 0 saturated heterocycles. The molecule has 0 atom stereocenters. The maximum atomic E-state index is 10.2. The molecule has 0 aliphatic heterocycles. The Morgan fingerprint density at radius 1 is 1.60 bits per heavy atom. The summed E-state index contributed by atoms with van der Waals surface area (Å²) in [6.07, 6.45) is 0. The summed E-state index contributed by atoms with van der Waals surface area (Å²) in [7, 11) is 2.58. The summed E-state index contributed by atoms with van der Waals surface area (Å²) in [5.74, 6) is -0.347. The molecule has 10 heavy (non-hydrogen) atoms. The standard InChI is InChI=1S/C5H8O2.C2H6.CH4/c1-4(2)5(6)7-3;1-2;/h1H2,2-3H3;1-2H3;1H4/i;;1D. The van der Waals surface area contributed by atoms with Crippen LogP contribution in [0.15, 0.2) is 12.2 Å². The number of carbonyl (C=O) groups excluding carboxylic acids is 1. The van der Waals surface area contributed by atoms with Crippen molar-refractivity contribution in [2.45, 2.75) is 28.2 Å². The van der Waals surface area contributed by atoms with Crippen LogP contribution in [0.3, 0.4) is 0 Å². The van der Waals surface area contributed by atoms with Gasteiger partial charge in [0.2, 0.25) is 0 Å². The minimum absolute atomic E-state index is 0.347. The first kappa shape index (κ1) is 11.9. The van der Waals surface area contributed by atoms with Crippen LogP contribution in [0, 0.1) is 0 Å². The molecule has 0 amide bonds. The Labute approximate surface area is 65.3 Å². The van der Waals surface area contributed by atoms with E-state index in [4.69, 9.17) is 1.37 Å². The van der Waals surface area contributed by atoms with Gasteiger partial charge in [-0.05, 0) is 6.92 Å². The lowest BCUT2D eigenvalue weighted by Crippen LogP contribution is -1.98. The van der Waals surface area contributed by atoms with E-state index < -0.39 is 0 Å². The van der Waals surface area contributed by atoms with Crippen LogP contribution in [0.5, 0.6) is 0 Å². The molecule has 0 aromatic rings. The molecule has 0 spiro atoms. The van der Waals surface area contributed by atoms with Crippen LogP contribution in [0.1, 0.15) is 29.5 Å². The van der Waals surface area contributed by atoms with E-state index in [9.17, 15) is 4.79 Å². The smallest absolute Gasteiger partial charge is 0.332 e. The number of hydrogen-bond acceptors (Lipinski definition) is 2. The number of methoxy groups -OCH3 is 1. The summed E-state index contributed by atoms with van der Waals surface area (Å²) in [4.78, 5) is 10.2. The lowest BCUT2D eigenvalue weighted by Gasteiger charge is -1.91. The number of carbonyl (C=O) groups is 1. The Hall–Kier alpha value is -0.790. The molecule has 0 aromatic carbocycles. The van der Waals surface area contributed by atoms with Crippen LogP contribution in [0.4, 0.5) is 0 Å². The van der Waals surface area contributed by atoms with Crippen molar-refractivity contribution in [1.29, 1.82) is 0 Å².